The van der Waals surface area contributed by atoms with Gasteiger partial charge in [-0.25, -0.2) is 4.98 Å². The first-order chi connectivity index (χ1) is 12.3. The van der Waals surface area contributed by atoms with Crippen LogP contribution in [-0.4, -0.2) is 48.1 Å². The first kappa shape index (κ1) is 17.4. The zero-order valence-electron chi connectivity index (χ0n) is 14.6. The highest BCUT2D eigenvalue weighted by molar-refractivity contribution is 5.95. The Kier molecular flexibility index (Phi) is 6.01. The van der Waals surface area contributed by atoms with Crippen molar-refractivity contribution in [2.45, 2.75) is 25.8 Å². The summed E-state index contributed by atoms with van der Waals surface area (Å²) < 4.78 is 5.52. The number of ether oxygens (including phenoxy) is 1. The number of nitrogens with one attached hydrogen (secondary N) is 1. The van der Waals surface area contributed by atoms with Crippen molar-refractivity contribution < 1.29 is 9.53 Å². The van der Waals surface area contributed by atoms with Crippen LogP contribution >= 0.6 is 0 Å². The Morgan fingerprint density at radius 2 is 2.16 bits per heavy atom. The van der Waals surface area contributed by atoms with E-state index in [1.807, 2.05) is 36.1 Å². The fourth-order valence-electron chi connectivity index (χ4n) is 3.12. The molecule has 5 nitrogen and oxygen atoms in total. The molecule has 1 aromatic heterocycles. The number of rotatable bonds is 7. The van der Waals surface area contributed by atoms with Gasteiger partial charge in [-0.1, -0.05) is 30.3 Å². The van der Waals surface area contributed by atoms with Crippen molar-refractivity contribution in [3.8, 4) is 0 Å². The molecule has 1 unspecified atom stereocenters. The van der Waals surface area contributed by atoms with E-state index in [0.29, 0.717) is 18.7 Å². The van der Waals surface area contributed by atoms with E-state index in [-0.39, 0.29) is 11.9 Å². The number of benzene rings is 1. The van der Waals surface area contributed by atoms with Gasteiger partial charge in [0.25, 0.3) is 5.91 Å². The van der Waals surface area contributed by atoms with Crippen molar-refractivity contribution >= 4 is 11.7 Å². The lowest BCUT2D eigenvalue weighted by molar-refractivity contribution is 0.0656. The van der Waals surface area contributed by atoms with E-state index < -0.39 is 0 Å². The summed E-state index contributed by atoms with van der Waals surface area (Å²) in [6.45, 7) is 4.82. The standard InChI is InChI=1S/C20H25N3O2/c1-2-21-19-14-17(8-11-22-19)20(24)23(18-10-13-25-15-18)12-9-16-6-4-3-5-7-16/h3-8,11,14,18H,2,9-10,12-13,15H2,1H3,(H,21,22). The van der Waals surface area contributed by atoms with Gasteiger partial charge in [0.1, 0.15) is 5.82 Å². The molecule has 2 aromatic rings. The van der Waals surface area contributed by atoms with Gasteiger partial charge in [0.05, 0.1) is 12.6 Å². The molecule has 1 N–H and O–H groups in total. The summed E-state index contributed by atoms with van der Waals surface area (Å²) in [7, 11) is 0. The van der Waals surface area contributed by atoms with Gasteiger partial charge in [-0.15, -0.1) is 0 Å². The topological polar surface area (TPSA) is 54.5 Å². The third-order valence-electron chi connectivity index (χ3n) is 4.46. The number of hydrogen-bond acceptors (Lipinski definition) is 4. The molecule has 1 aromatic carbocycles. The number of hydrogen-bond donors (Lipinski definition) is 1. The lowest BCUT2D eigenvalue weighted by Crippen LogP contribution is -2.42. The largest absolute Gasteiger partial charge is 0.379 e. The second-order valence-electron chi connectivity index (χ2n) is 6.21. The van der Waals surface area contributed by atoms with Gasteiger partial charge in [0.2, 0.25) is 0 Å². The van der Waals surface area contributed by atoms with Gasteiger partial charge in [0, 0.05) is 31.5 Å². The number of carbonyl (C=O) groups excluding carboxylic acids is 1. The molecule has 0 radical (unpaired) electrons. The maximum atomic E-state index is 13.1. The summed E-state index contributed by atoms with van der Waals surface area (Å²) >= 11 is 0. The lowest BCUT2D eigenvalue weighted by atomic mass is 10.1. The summed E-state index contributed by atoms with van der Waals surface area (Å²) in [4.78, 5) is 19.3. The molecule has 1 aliphatic rings. The molecule has 1 fully saturated rings. The number of anilines is 1. The van der Waals surface area contributed by atoms with Crippen molar-refractivity contribution in [3.63, 3.8) is 0 Å². The van der Waals surface area contributed by atoms with Crippen LogP contribution in [0.25, 0.3) is 0 Å². The molecule has 0 bridgehead atoms. The maximum absolute atomic E-state index is 13.1. The van der Waals surface area contributed by atoms with E-state index in [2.05, 4.69) is 22.4 Å². The molecule has 3 rings (SSSR count). The Morgan fingerprint density at radius 3 is 2.88 bits per heavy atom. The van der Waals surface area contributed by atoms with Crippen LogP contribution in [0.5, 0.6) is 0 Å². The fourth-order valence-corrected chi connectivity index (χ4v) is 3.12. The van der Waals surface area contributed by atoms with Crippen molar-refractivity contribution in [1.82, 2.24) is 9.88 Å². The first-order valence-corrected chi connectivity index (χ1v) is 8.90. The molecular weight excluding hydrogens is 314 g/mol. The number of aromatic nitrogens is 1. The second kappa shape index (κ2) is 8.62. The van der Waals surface area contributed by atoms with Crippen molar-refractivity contribution in [1.29, 1.82) is 0 Å². The minimum Gasteiger partial charge on any atom is -0.379 e. The van der Waals surface area contributed by atoms with Gasteiger partial charge in [-0.05, 0) is 37.5 Å². The van der Waals surface area contributed by atoms with Crippen molar-refractivity contribution in [2.75, 3.05) is 31.6 Å². The van der Waals surface area contributed by atoms with Crippen LogP contribution in [0, 0.1) is 0 Å². The quantitative estimate of drug-likeness (QED) is 0.842. The molecule has 132 valence electrons. The molecule has 25 heavy (non-hydrogen) atoms. The highest BCUT2D eigenvalue weighted by Crippen LogP contribution is 2.18. The van der Waals surface area contributed by atoms with Crippen molar-refractivity contribution in [3.05, 3.63) is 59.8 Å². The van der Waals surface area contributed by atoms with Gasteiger partial charge < -0.3 is 15.0 Å². The Bertz CT molecular complexity index is 684. The van der Waals surface area contributed by atoms with Gasteiger partial charge in [-0.3, -0.25) is 4.79 Å². The summed E-state index contributed by atoms with van der Waals surface area (Å²) in [6, 6.07) is 14.0. The summed E-state index contributed by atoms with van der Waals surface area (Å²) in [5, 5.41) is 3.16. The molecule has 5 heteroatoms. The molecular formula is C20H25N3O2. The fraction of sp³-hybridized carbons (Fsp3) is 0.400. The normalized spacial score (nSPS) is 16.6. The van der Waals surface area contributed by atoms with Crippen LogP contribution in [-0.2, 0) is 11.2 Å². The van der Waals surface area contributed by atoms with Crippen LogP contribution in [0.4, 0.5) is 5.82 Å². The van der Waals surface area contributed by atoms with E-state index in [1.54, 1.807) is 12.3 Å². The highest BCUT2D eigenvalue weighted by atomic mass is 16.5. The highest BCUT2D eigenvalue weighted by Gasteiger charge is 2.28. The lowest BCUT2D eigenvalue weighted by Gasteiger charge is -2.28. The third-order valence-corrected chi connectivity index (χ3v) is 4.46. The molecule has 0 spiro atoms. The zero-order valence-corrected chi connectivity index (χ0v) is 14.6. The molecule has 1 saturated heterocycles. The minimum atomic E-state index is 0.0491. The predicted octanol–water partition coefficient (Wildman–Crippen LogP) is 2.99. The van der Waals surface area contributed by atoms with Gasteiger partial charge in [0.15, 0.2) is 0 Å². The second-order valence-corrected chi connectivity index (χ2v) is 6.21. The molecule has 0 saturated carbocycles. The SMILES string of the molecule is CCNc1cc(C(=O)N(CCc2ccccc2)C2CCOC2)ccn1. The van der Waals surface area contributed by atoms with Crippen LogP contribution in [0.1, 0.15) is 29.3 Å². The molecule has 1 atom stereocenters. The number of amides is 1. The smallest absolute Gasteiger partial charge is 0.254 e. The van der Waals surface area contributed by atoms with Gasteiger partial charge in [-0.2, -0.15) is 0 Å². The van der Waals surface area contributed by atoms with E-state index in [0.717, 1.165) is 31.8 Å². The van der Waals surface area contributed by atoms with E-state index >= 15 is 0 Å². The minimum absolute atomic E-state index is 0.0491. The van der Waals surface area contributed by atoms with Crippen LogP contribution in [0.3, 0.4) is 0 Å². The van der Waals surface area contributed by atoms with E-state index in [1.165, 1.54) is 5.56 Å². The van der Waals surface area contributed by atoms with E-state index in [9.17, 15) is 4.79 Å². The first-order valence-electron chi connectivity index (χ1n) is 8.90. The monoisotopic (exact) mass is 339 g/mol. The Hall–Kier alpha value is -2.40. The van der Waals surface area contributed by atoms with Crippen LogP contribution in [0.15, 0.2) is 48.7 Å². The van der Waals surface area contributed by atoms with Crippen LogP contribution in [0.2, 0.25) is 0 Å². The molecule has 1 amide bonds. The Balaban J connectivity index is 1.76. The summed E-state index contributed by atoms with van der Waals surface area (Å²) in [5.74, 6) is 0.784. The molecule has 0 aliphatic carbocycles. The van der Waals surface area contributed by atoms with Crippen LogP contribution < -0.4 is 5.32 Å². The molecule has 1 aliphatic heterocycles. The average molecular weight is 339 g/mol. The van der Waals surface area contributed by atoms with Crippen molar-refractivity contribution in [2.24, 2.45) is 0 Å². The van der Waals surface area contributed by atoms with E-state index in [4.69, 9.17) is 4.74 Å². The van der Waals surface area contributed by atoms with Gasteiger partial charge >= 0.3 is 0 Å². The average Bonchev–Trinajstić information content (AvgIpc) is 3.17. The number of nitrogens with zero attached hydrogens (tertiary/aromatic N) is 2. The maximum Gasteiger partial charge on any atom is 0.254 e. The number of carbonyl (C=O) groups is 1. The summed E-state index contributed by atoms with van der Waals surface area (Å²) in [6.07, 6.45) is 3.42. The number of pyridine rings is 1. The zero-order chi connectivity index (χ0) is 17.5. The Morgan fingerprint density at radius 1 is 1.32 bits per heavy atom. The summed E-state index contributed by atoms with van der Waals surface area (Å²) in [5.41, 5.74) is 1.91. The predicted molar refractivity (Wildman–Crippen MR) is 98.8 cm³/mol. The third kappa shape index (κ3) is 4.57. The Labute approximate surface area is 149 Å². The molecule has 2 heterocycles.